The number of nitrogen functional groups attached to an aromatic ring is 1. The molecular formula is C16H22N2OS. The molecule has 0 spiro atoms. The smallest absolute Gasteiger partial charge is 0.266 e. The fourth-order valence-corrected chi connectivity index (χ4v) is 3.36. The van der Waals surface area contributed by atoms with Crippen LogP contribution in [0.15, 0.2) is 18.2 Å². The SMILES string of the molecule is CCCCN(CC)C(=O)c1sc2ccc(C)cc2c1N. The number of nitrogens with zero attached hydrogens (tertiary/aromatic N) is 1. The van der Waals surface area contributed by atoms with Gasteiger partial charge in [0.05, 0.1) is 5.69 Å². The highest BCUT2D eigenvalue weighted by molar-refractivity contribution is 7.21. The van der Waals surface area contributed by atoms with Crippen LogP contribution in [0.5, 0.6) is 0 Å². The number of anilines is 1. The van der Waals surface area contributed by atoms with E-state index in [0.717, 1.165) is 36.0 Å². The van der Waals surface area contributed by atoms with Gasteiger partial charge in [-0.25, -0.2) is 0 Å². The van der Waals surface area contributed by atoms with Crippen molar-refractivity contribution in [1.82, 2.24) is 4.90 Å². The number of amides is 1. The highest BCUT2D eigenvalue weighted by Crippen LogP contribution is 2.35. The van der Waals surface area contributed by atoms with E-state index in [4.69, 9.17) is 5.73 Å². The van der Waals surface area contributed by atoms with Gasteiger partial charge in [0, 0.05) is 23.2 Å². The number of benzene rings is 1. The van der Waals surface area contributed by atoms with E-state index in [0.29, 0.717) is 10.6 Å². The first-order valence-corrected chi connectivity index (χ1v) is 7.98. The highest BCUT2D eigenvalue weighted by atomic mass is 32.1. The molecule has 1 aromatic carbocycles. The summed E-state index contributed by atoms with van der Waals surface area (Å²) in [6.07, 6.45) is 2.12. The molecule has 0 radical (unpaired) electrons. The van der Waals surface area contributed by atoms with E-state index >= 15 is 0 Å². The second-order valence-corrected chi connectivity index (χ2v) is 6.14. The standard InChI is InChI=1S/C16H22N2OS/c1-4-6-9-18(5-2)16(19)15-14(17)12-10-11(3)7-8-13(12)20-15/h7-8,10H,4-6,9,17H2,1-3H3. The summed E-state index contributed by atoms with van der Waals surface area (Å²) in [5.74, 6) is 0.0669. The van der Waals surface area contributed by atoms with E-state index in [2.05, 4.69) is 19.1 Å². The topological polar surface area (TPSA) is 46.3 Å². The van der Waals surface area contributed by atoms with Gasteiger partial charge in [0.1, 0.15) is 4.88 Å². The van der Waals surface area contributed by atoms with Crippen molar-refractivity contribution in [3.8, 4) is 0 Å². The lowest BCUT2D eigenvalue weighted by Gasteiger charge is -2.20. The minimum absolute atomic E-state index is 0.0669. The third-order valence-corrected chi connectivity index (χ3v) is 4.70. The molecule has 0 saturated carbocycles. The predicted molar refractivity (Wildman–Crippen MR) is 87.5 cm³/mol. The first-order valence-electron chi connectivity index (χ1n) is 7.16. The van der Waals surface area contributed by atoms with Crippen LogP contribution < -0.4 is 5.73 Å². The average Bonchev–Trinajstić information content (AvgIpc) is 2.76. The van der Waals surface area contributed by atoms with E-state index in [-0.39, 0.29) is 5.91 Å². The molecule has 1 aromatic heterocycles. The van der Waals surface area contributed by atoms with Crippen molar-refractivity contribution in [2.24, 2.45) is 0 Å². The lowest BCUT2D eigenvalue weighted by molar-refractivity contribution is 0.0768. The Morgan fingerprint density at radius 1 is 1.35 bits per heavy atom. The number of carbonyl (C=O) groups excluding carboxylic acids is 1. The molecule has 0 aliphatic rings. The second kappa shape index (κ2) is 6.27. The van der Waals surface area contributed by atoms with Crippen LogP contribution in [0.1, 0.15) is 41.9 Å². The van der Waals surface area contributed by atoms with Crippen LogP contribution in [0, 0.1) is 6.92 Å². The van der Waals surface area contributed by atoms with Crippen molar-refractivity contribution in [3.05, 3.63) is 28.6 Å². The molecule has 2 rings (SSSR count). The normalized spacial score (nSPS) is 10.9. The van der Waals surface area contributed by atoms with Crippen LogP contribution in [0.25, 0.3) is 10.1 Å². The summed E-state index contributed by atoms with van der Waals surface area (Å²) in [6.45, 7) is 7.72. The van der Waals surface area contributed by atoms with Crippen LogP contribution >= 0.6 is 11.3 Å². The van der Waals surface area contributed by atoms with Gasteiger partial charge in [-0.2, -0.15) is 0 Å². The van der Waals surface area contributed by atoms with Crippen LogP contribution in [0.4, 0.5) is 5.69 Å². The third-order valence-electron chi connectivity index (χ3n) is 3.53. The Bertz CT molecular complexity index is 618. The van der Waals surface area contributed by atoms with Crippen LogP contribution in [0.3, 0.4) is 0 Å². The van der Waals surface area contributed by atoms with Crippen LogP contribution in [-0.2, 0) is 0 Å². The number of thiophene rings is 1. The number of carbonyl (C=O) groups is 1. The number of hydrogen-bond acceptors (Lipinski definition) is 3. The van der Waals surface area contributed by atoms with Crippen molar-refractivity contribution in [3.63, 3.8) is 0 Å². The molecule has 0 unspecified atom stereocenters. The molecular weight excluding hydrogens is 268 g/mol. The summed E-state index contributed by atoms with van der Waals surface area (Å²) in [6, 6.07) is 6.16. The molecule has 0 fully saturated rings. The highest BCUT2D eigenvalue weighted by Gasteiger charge is 2.20. The molecule has 1 amide bonds. The minimum atomic E-state index is 0.0669. The number of fused-ring (bicyclic) bond motifs is 1. The number of nitrogens with two attached hydrogens (primary N) is 1. The van der Waals surface area contributed by atoms with Crippen molar-refractivity contribution >= 4 is 33.0 Å². The van der Waals surface area contributed by atoms with Gasteiger partial charge in [-0.05, 0) is 32.4 Å². The van der Waals surface area contributed by atoms with Gasteiger partial charge in [0.2, 0.25) is 0 Å². The fraction of sp³-hybridized carbons (Fsp3) is 0.438. The molecule has 0 atom stereocenters. The summed E-state index contributed by atoms with van der Waals surface area (Å²) >= 11 is 1.50. The molecule has 3 nitrogen and oxygen atoms in total. The Balaban J connectivity index is 2.36. The lowest BCUT2D eigenvalue weighted by atomic mass is 10.1. The first kappa shape index (κ1) is 14.9. The third kappa shape index (κ3) is 2.80. The second-order valence-electron chi connectivity index (χ2n) is 5.08. The summed E-state index contributed by atoms with van der Waals surface area (Å²) in [4.78, 5) is 15.2. The fourth-order valence-electron chi connectivity index (χ4n) is 2.29. The molecule has 2 aromatic rings. The first-order chi connectivity index (χ1) is 9.58. The Morgan fingerprint density at radius 3 is 2.75 bits per heavy atom. The van der Waals surface area contributed by atoms with Gasteiger partial charge in [0.15, 0.2) is 0 Å². The zero-order valence-corrected chi connectivity index (χ0v) is 13.2. The molecule has 1 heterocycles. The predicted octanol–water partition coefficient (Wildman–Crippen LogP) is 4.05. The van der Waals surface area contributed by atoms with Crippen LogP contribution in [-0.4, -0.2) is 23.9 Å². The number of rotatable bonds is 5. The number of hydrogen-bond donors (Lipinski definition) is 1. The van der Waals surface area contributed by atoms with Gasteiger partial charge < -0.3 is 10.6 Å². The summed E-state index contributed by atoms with van der Waals surface area (Å²) in [5, 5.41) is 1.00. The summed E-state index contributed by atoms with van der Waals surface area (Å²) in [5.41, 5.74) is 7.99. The monoisotopic (exact) mass is 290 g/mol. The average molecular weight is 290 g/mol. The van der Waals surface area contributed by atoms with E-state index in [1.165, 1.54) is 16.9 Å². The largest absolute Gasteiger partial charge is 0.397 e. The zero-order chi connectivity index (χ0) is 14.7. The molecule has 2 N–H and O–H groups in total. The number of aryl methyl sites for hydroxylation is 1. The van der Waals surface area contributed by atoms with Crippen molar-refractivity contribution in [1.29, 1.82) is 0 Å². The molecule has 0 aliphatic heterocycles. The van der Waals surface area contributed by atoms with Crippen molar-refractivity contribution in [2.75, 3.05) is 18.8 Å². The minimum Gasteiger partial charge on any atom is -0.397 e. The molecule has 0 bridgehead atoms. The van der Waals surface area contributed by atoms with Gasteiger partial charge in [0.25, 0.3) is 5.91 Å². The van der Waals surface area contributed by atoms with Gasteiger partial charge in [-0.15, -0.1) is 11.3 Å². The van der Waals surface area contributed by atoms with Crippen molar-refractivity contribution < 1.29 is 4.79 Å². The van der Waals surface area contributed by atoms with Gasteiger partial charge in [-0.3, -0.25) is 4.79 Å². The van der Waals surface area contributed by atoms with E-state index in [1.54, 1.807) is 0 Å². The molecule has 108 valence electrons. The van der Waals surface area contributed by atoms with E-state index in [1.807, 2.05) is 24.8 Å². The van der Waals surface area contributed by atoms with Gasteiger partial charge in [-0.1, -0.05) is 25.0 Å². The zero-order valence-electron chi connectivity index (χ0n) is 12.4. The molecule has 0 saturated heterocycles. The number of unbranched alkanes of at least 4 members (excludes halogenated alkanes) is 1. The maximum atomic E-state index is 12.6. The quantitative estimate of drug-likeness (QED) is 0.902. The Kier molecular flexibility index (Phi) is 4.65. The van der Waals surface area contributed by atoms with Crippen molar-refractivity contribution in [2.45, 2.75) is 33.6 Å². The van der Waals surface area contributed by atoms with Gasteiger partial charge >= 0.3 is 0 Å². The lowest BCUT2D eigenvalue weighted by Crippen LogP contribution is -2.31. The van der Waals surface area contributed by atoms with E-state index in [9.17, 15) is 4.79 Å². The maximum absolute atomic E-state index is 12.6. The summed E-state index contributed by atoms with van der Waals surface area (Å²) < 4.78 is 1.09. The Labute approximate surface area is 124 Å². The molecule has 20 heavy (non-hydrogen) atoms. The summed E-state index contributed by atoms with van der Waals surface area (Å²) in [7, 11) is 0. The molecule has 4 heteroatoms. The van der Waals surface area contributed by atoms with Crippen LogP contribution in [0.2, 0.25) is 0 Å². The Morgan fingerprint density at radius 2 is 2.10 bits per heavy atom. The molecule has 0 aliphatic carbocycles. The maximum Gasteiger partial charge on any atom is 0.266 e. The van der Waals surface area contributed by atoms with E-state index < -0.39 is 0 Å². The Hall–Kier alpha value is -1.55.